The van der Waals surface area contributed by atoms with Crippen LogP contribution in [0, 0.1) is 5.82 Å². The minimum absolute atomic E-state index is 0.186. The van der Waals surface area contributed by atoms with Crippen LogP contribution in [0.3, 0.4) is 0 Å². The van der Waals surface area contributed by atoms with Gasteiger partial charge in [0, 0.05) is 0 Å². The molecule has 0 saturated carbocycles. The van der Waals surface area contributed by atoms with Crippen LogP contribution in [0.5, 0.6) is 0 Å². The van der Waals surface area contributed by atoms with E-state index in [9.17, 15) is 22.4 Å². The van der Waals surface area contributed by atoms with E-state index >= 15 is 0 Å². The lowest BCUT2D eigenvalue weighted by molar-refractivity contribution is 0.0526. The second-order valence-electron chi connectivity index (χ2n) is 4.78. The van der Waals surface area contributed by atoms with Gasteiger partial charge in [0.05, 0.1) is 22.6 Å². The molecule has 0 radical (unpaired) electrons. The Morgan fingerprint density at radius 2 is 1.72 bits per heavy atom. The van der Waals surface area contributed by atoms with E-state index in [0.29, 0.717) is 0 Å². The van der Waals surface area contributed by atoms with Crippen molar-refractivity contribution in [3.8, 4) is 0 Å². The number of hydrazine groups is 1. The lowest BCUT2D eigenvalue weighted by Crippen LogP contribution is -2.41. The number of hydrogen-bond acceptors (Lipinski definition) is 5. The fraction of sp³-hybridized carbons (Fsp3) is 0.125. The number of halogens is 1. The van der Waals surface area contributed by atoms with Gasteiger partial charge in [0.2, 0.25) is 0 Å². The number of benzene rings is 2. The van der Waals surface area contributed by atoms with Gasteiger partial charge in [0.15, 0.2) is 0 Å². The van der Waals surface area contributed by atoms with E-state index in [1.54, 1.807) is 6.92 Å². The van der Waals surface area contributed by atoms with Gasteiger partial charge in [-0.05, 0) is 43.3 Å². The van der Waals surface area contributed by atoms with Gasteiger partial charge in [-0.1, -0.05) is 12.1 Å². The molecular formula is C16H15FN2O5S. The third-order valence-corrected chi connectivity index (χ3v) is 4.36. The predicted octanol–water partition coefficient (Wildman–Crippen LogP) is 1.63. The molecule has 2 N–H and O–H groups in total. The van der Waals surface area contributed by atoms with Gasteiger partial charge < -0.3 is 4.74 Å². The smallest absolute Gasteiger partial charge is 0.338 e. The van der Waals surface area contributed by atoms with Crippen LogP contribution < -0.4 is 10.3 Å². The molecule has 9 heteroatoms. The molecule has 132 valence electrons. The molecule has 2 rings (SSSR count). The van der Waals surface area contributed by atoms with Crippen molar-refractivity contribution < 1.29 is 27.1 Å². The van der Waals surface area contributed by atoms with E-state index < -0.39 is 27.7 Å². The zero-order valence-corrected chi connectivity index (χ0v) is 14.0. The largest absolute Gasteiger partial charge is 0.462 e. The van der Waals surface area contributed by atoms with E-state index in [1.165, 1.54) is 42.5 Å². The van der Waals surface area contributed by atoms with Crippen molar-refractivity contribution in [2.24, 2.45) is 0 Å². The van der Waals surface area contributed by atoms with Crippen LogP contribution in [-0.4, -0.2) is 26.9 Å². The first-order chi connectivity index (χ1) is 11.8. The number of carbonyl (C=O) groups is 2. The van der Waals surface area contributed by atoms with Gasteiger partial charge in [0.1, 0.15) is 5.82 Å². The number of carbonyl (C=O) groups excluding carboxylic acids is 2. The minimum Gasteiger partial charge on any atom is -0.462 e. The lowest BCUT2D eigenvalue weighted by Gasteiger charge is -2.09. The monoisotopic (exact) mass is 366 g/mol. The Kier molecular flexibility index (Phi) is 5.84. The fourth-order valence-electron chi connectivity index (χ4n) is 1.87. The summed E-state index contributed by atoms with van der Waals surface area (Å²) in [6, 6.07) is 10.1. The molecule has 0 aromatic heterocycles. The molecule has 0 aliphatic carbocycles. The van der Waals surface area contributed by atoms with E-state index in [1.807, 2.05) is 10.3 Å². The second kappa shape index (κ2) is 7.86. The summed E-state index contributed by atoms with van der Waals surface area (Å²) in [7, 11) is -4.09. The number of esters is 1. The first kappa shape index (κ1) is 18.6. The summed E-state index contributed by atoms with van der Waals surface area (Å²) in [5.41, 5.74) is 1.82. The lowest BCUT2D eigenvalue weighted by atomic mass is 10.2. The summed E-state index contributed by atoms with van der Waals surface area (Å²) in [5, 5.41) is 0. The van der Waals surface area contributed by atoms with Crippen molar-refractivity contribution in [1.82, 2.24) is 10.3 Å². The average molecular weight is 366 g/mol. The Balaban J connectivity index is 2.08. The van der Waals surface area contributed by atoms with Crippen LogP contribution in [0.15, 0.2) is 53.4 Å². The number of sulfonamides is 1. The number of amides is 1. The number of ether oxygens (including phenoxy) is 1. The molecular weight excluding hydrogens is 351 g/mol. The average Bonchev–Trinajstić information content (AvgIpc) is 2.60. The molecule has 2 aromatic rings. The number of hydrogen-bond donors (Lipinski definition) is 2. The van der Waals surface area contributed by atoms with E-state index in [-0.39, 0.29) is 22.6 Å². The highest BCUT2D eigenvalue weighted by Crippen LogP contribution is 2.11. The van der Waals surface area contributed by atoms with Crippen molar-refractivity contribution in [2.75, 3.05) is 6.61 Å². The van der Waals surface area contributed by atoms with Gasteiger partial charge in [-0.2, -0.15) is 0 Å². The summed E-state index contributed by atoms with van der Waals surface area (Å²) in [5.74, 6) is -2.30. The highest BCUT2D eigenvalue weighted by Gasteiger charge is 2.18. The SMILES string of the molecule is CCOC(=O)c1ccc(S(=O)(=O)NNC(=O)c2ccccc2F)cc1. The van der Waals surface area contributed by atoms with Gasteiger partial charge in [-0.15, -0.1) is 4.83 Å². The van der Waals surface area contributed by atoms with Crippen molar-refractivity contribution in [3.05, 3.63) is 65.5 Å². The Morgan fingerprint density at radius 3 is 2.32 bits per heavy atom. The predicted molar refractivity (Wildman–Crippen MR) is 86.6 cm³/mol. The Bertz CT molecular complexity index is 882. The van der Waals surface area contributed by atoms with Crippen LogP contribution in [0.25, 0.3) is 0 Å². The molecule has 0 saturated heterocycles. The highest BCUT2D eigenvalue weighted by atomic mass is 32.2. The Morgan fingerprint density at radius 1 is 1.08 bits per heavy atom. The zero-order chi connectivity index (χ0) is 18.4. The third kappa shape index (κ3) is 4.61. The maximum Gasteiger partial charge on any atom is 0.338 e. The van der Waals surface area contributed by atoms with Crippen LogP contribution in [0.4, 0.5) is 4.39 Å². The van der Waals surface area contributed by atoms with Gasteiger partial charge in [-0.3, -0.25) is 10.2 Å². The fourth-order valence-corrected chi connectivity index (χ4v) is 2.71. The van der Waals surface area contributed by atoms with Gasteiger partial charge >= 0.3 is 5.97 Å². The molecule has 0 heterocycles. The molecule has 0 atom stereocenters. The van der Waals surface area contributed by atoms with Crippen LogP contribution >= 0.6 is 0 Å². The third-order valence-electron chi connectivity index (χ3n) is 3.09. The van der Waals surface area contributed by atoms with Crippen LogP contribution in [0.2, 0.25) is 0 Å². The van der Waals surface area contributed by atoms with E-state index in [2.05, 4.69) is 0 Å². The van der Waals surface area contributed by atoms with Crippen molar-refractivity contribution in [1.29, 1.82) is 0 Å². The van der Waals surface area contributed by atoms with Crippen LogP contribution in [-0.2, 0) is 14.8 Å². The molecule has 1 amide bonds. The first-order valence-corrected chi connectivity index (χ1v) is 8.67. The zero-order valence-electron chi connectivity index (χ0n) is 13.2. The highest BCUT2D eigenvalue weighted by molar-refractivity contribution is 7.89. The molecule has 7 nitrogen and oxygen atoms in total. The molecule has 0 fully saturated rings. The standard InChI is InChI=1S/C16H15FN2O5S/c1-2-24-16(21)11-7-9-12(10-8-11)25(22,23)19-18-15(20)13-5-3-4-6-14(13)17/h3-10,19H,2H2,1H3,(H,18,20). The Labute approximate surface area is 143 Å². The van der Waals surface area contributed by atoms with Crippen LogP contribution in [0.1, 0.15) is 27.6 Å². The molecule has 0 spiro atoms. The summed E-state index contributed by atoms with van der Waals surface area (Å²) in [6.07, 6.45) is 0. The summed E-state index contributed by atoms with van der Waals surface area (Å²) in [4.78, 5) is 25.0. The minimum atomic E-state index is -4.09. The molecule has 0 unspecified atom stereocenters. The summed E-state index contributed by atoms with van der Waals surface area (Å²) < 4.78 is 42.5. The summed E-state index contributed by atoms with van der Waals surface area (Å²) >= 11 is 0. The molecule has 0 aliphatic rings. The maximum absolute atomic E-state index is 13.5. The first-order valence-electron chi connectivity index (χ1n) is 7.19. The molecule has 0 aliphatic heterocycles. The van der Waals surface area contributed by atoms with Gasteiger partial charge in [-0.25, -0.2) is 17.6 Å². The Hall–Kier alpha value is -2.78. The van der Waals surface area contributed by atoms with Gasteiger partial charge in [0.25, 0.3) is 15.9 Å². The molecule has 0 bridgehead atoms. The van der Waals surface area contributed by atoms with E-state index in [0.717, 1.165) is 6.07 Å². The molecule has 2 aromatic carbocycles. The normalized spacial score (nSPS) is 11.0. The number of nitrogens with one attached hydrogen (secondary N) is 2. The van der Waals surface area contributed by atoms with Crippen molar-refractivity contribution >= 4 is 21.9 Å². The summed E-state index contributed by atoms with van der Waals surface area (Å²) in [6.45, 7) is 1.85. The quantitative estimate of drug-likeness (QED) is 0.598. The topological polar surface area (TPSA) is 102 Å². The van der Waals surface area contributed by atoms with Crippen molar-refractivity contribution in [2.45, 2.75) is 11.8 Å². The number of rotatable bonds is 6. The molecule has 25 heavy (non-hydrogen) atoms. The van der Waals surface area contributed by atoms with Crippen molar-refractivity contribution in [3.63, 3.8) is 0 Å². The second-order valence-corrected chi connectivity index (χ2v) is 6.47. The van der Waals surface area contributed by atoms with E-state index in [4.69, 9.17) is 4.74 Å². The maximum atomic E-state index is 13.5.